The van der Waals surface area contributed by atoms with Crippen LogP contribution in [0.25, 0.3) is 11.2 Å². The summed E-state index contributed by atoms with van der Waals surface area (Å²) in [5.41, 5.74) is 1.17. The maximum absolute atomic E-state index is 12.7. The minimum absolute atomic E-state index is 0.0532. The summed E-state index contributed by atoms with van der Waals surface area (Å²) in [6.45, 7) is 0.380. The molecule has 1 fully saturated rings. The minimum atomic E-state index is -4.74. The highest BCUT2D eigenvalue weighted by molar-refractivity contribution is 5.68. The number of alkyl halides is 3. The van der Waals surface area contributed by atoms with Gasteiger partial charge in [0.2, 0.25) is 5.89 Å². The Labute approximate surface area is 183 Å². The van der Waals surface area contributed by atoms with Gasteiger partial charge in [-0.3, -0.25) is 9.36 Å². The van der Waals surface area contributed by atoms with Crippen molar-refractivity contribution in [2.45, 2.75) is 31.3 Å². The van der Waals surface area contributed by atoms with E-state index in [0.29, 0.717) is 30.0 Å². The molecular formula is C20H17F3N6O4. The zero-order valence-electron chi connectivity index (χ0n) is 17.2. The number of hydrogen-bond donors (Lipinski definition) is 0. The number of hydrogen-bond acceptors (Lipinski definition) is 8. The largest absolute Gasteiger partial charge is 0.573 e. The lowest BCUT2D eigenvalue weighted by molar-refractivity contribution is -0.274. The molecular weight excluding hydrogens is 445 g/mol. The Kier molecular flexibility index (Phi) is 5.12. The van der Waals surface area contributed by atoms with Crippen molar-refractivity contribution in [1.82, 2.24) is 29.2 Å². The summed E-state index contributed by atoms with van der Waals surface area (Å²) in [5.74, 6) is 0.227. The summed E-state index contributed by atoms with van der Waals surface area (Å²) in [6.07, 6.45) is -1.64. The highest BCUT2D eigenvalue weighted by atomic mass is 19.4. The van der Waals surface area contributed by atoms with Crippen LogP contribution in [0, 0.1) is 0 Å². The highest BCUT2D eigenvalue weighted by Gasteiger charge is 2.33. The van der Waals surface area contributed by atoms with Crippen molar-refractivity contribution in [2.24, 2.45) is 7.05 Å². The predicted molar refractivity (Wildman–Crippen MR) is 105 cm³/mol. The van der Waals surface area contributed by atoms with Gasteiger partial charge in [-0.1, -0.05) is 17.3 Å². The molecule has 1 aliphatic rings. The number of rotatable bonds is 5. The van der Waals surface area contributed by atoms with E-state index in [-0.39, 0.29) is 35.8 Å². The average molecular weight is 462 g/mol. The summed E-state index contributed by atoms with van der Waals surface area (Å²) < 4.78 is 54.9. The van der Waals surface area contributed by atoms with Crippen LogP contribution in [-0.2, 0) is 18.3 Å². The third-order valence-corrected chi connectivity index (χ3v) is 5.34. The quantitative estimate of drug-likeness (QED) is 0.445. The summed E-state index contributed by atoms with van der Waals surface area (Å²) in [5, 5.41) is 4.01. The molecule has 1 aliphatic heterocycles. The van der Waals surface area contributed by atoms with Gasteiger partial charge in [-0.15, -0.1) is 13.2 Å². The van der Waals surface area contributed by atoms with Gasteiger partial charge < -0.3 is 18.6 Å². The number of benzene rings is 1. The van der Waals surface area contributed by atoms with Gasteiger partial charge in [-0.25, -0.2) is 9.97 Å². The summed E-state index contributed by atoms with van der Waals surface area (Å²) >= 11 is 0. The lowest BCUT2D eigenvalue weighted by Crippen LogP contribution is -2.22. The van der Waals surface area contributed by atoms with Crippen LogP contribution in [0.4, 0.5) is 13.2 Å². The number of fused-ring (bicyclic) bond motifs is 1. The van der Waals surface area contributed by atoms with E-state index in [1.165, 1.54) is 41.5 Å². The molecule has 2 atom stereocenters. The van der Waals surface area contributed by atoms with Crippen LogP contribution in [0.3, 0.4) is 0 Å². The Morgan fingerprint density at radius 2 is 1.94 bits per heavy atom. The molecule has 0 N–H and O–H groups in total. The molecule has 4 heterocycles. The van der Waals surface area contributed by atoms with Crippen LogP contribution in [0.2, 0.25) is 0 Å². The molecule has 172 valence electrons. The molecule has 1 saturated heterocycles. The SMILES string of the molecule is Cn1cnc2ncn(Cc3nc([C@@H]4CO[C@@H](c5ccc(OC(F)(F)F)cc5)C4)no3)c(=O)c21. The van der Waals surface area contributed by atoms with Crippen LogP contribution in [0.1, 0.15) is 35.7 Å². The molecule has 0 saturated carbocycles. The Hall–Kier alpha value is -3.74. The Balaban J connectivity index is 1.26. The third-order valence-electron chi connectivity index (χ3n) is 5.34. The molecule has 4 aromatic rings. The zero-order valence-corrected chi connectivity index (χ0v) is 17.2. The number of aromatic nitrogens is 6. The first-order valence-corrected chi connectivity index (χ1v) is 9.93. The van der Waals surface area contributed by atoms with Crippen LogP contribution in [-0.4, -0.2) is 42.2 Å². The van der Waals surface area contributed by atoms with Crippen molar-refractivity contribution in [2.75, 3.05) is 6.61 Å². The topological polar surface area (TPSA) is 110 Å². The first-order chi connectivity index (χ1) is 15.8. The van der Waals surface area contributed by atoms with Crippen LogP contribution >= 0.6 is 0 Å². The van der Waals surface area contributed by atoms with Crippen molar-refractivity contribution in [3.8, 4) is 5.75 Å². The van der Waals surface area contributed by atoms with Crippen molar-refractivity contribution in [1.29, 1.82) is 0 Å². The second kappa shape index (κ2) is 7.99. The first kappa shape index (κ1) is 21.1. The maximum Gasteiger partial charge on any atom is 0.573 e. The molecule has 0 unspecified atom stereocenters. The normalized spacial score (nSPS) is 18.8. The molecule has 1 aromatic carbocycles. The van der Waals surface area contributed by atoms with Gasteiger partial charge in [0.05, 0.1) is 19.0 Å². The van der Waals surface area contributed by atoms with Crippen LogP contribution in [0.15, 0.2) is 46.2 Å². The van der Waals surface area contributed by atoms with Gasteiger partial charge in [-0.05, 0) is 24.1 Å². The molecule has 5 rings (SSSR count). The van der Waals surface area contributed by atoms with Gasteiger partial charge in [-0.2, -0.15) is 4.98 Å². The molecule has 3 aromatic heterocycles. The number of imidazole rings is 1. The van der Waals surface area contributed by atoms with E-state index in [1.807, 2.05) is 0 Å². The first-order valence-electron chi connectivity index (χ1n) is 9.93. The standard InChI is InChI=1S/C20H17F3N6O4/c1-28-9-24-18-16(28)19(30)29(10-25-18)7-15-26-17(27-33-15)12-6-14(31-8-12)11-2-4-13(5-3-11)32-20(21,22)23/h2-5,9-10,12,14H,6-8H2,1H3/t12-,14+/m0/s1. The van der Waals surface area contributed by atoms with Crippen LogP contribution in [0.5, 0.6) is 5.75 Å². The summed E-state index contributed by atoms with van der Waals surface area (Å²) in [7, 11) is 1.71. The van der Waals surface area contributed by atoms with Crippen molar-refractivity contribution < 1.29 is 27.2 Å². The second-order valence-corrected chi connectivity index (χ2v) is 7.62. The summed E-state index contributed by atoms with van der Waals surface area (Å²) in [4.78, 5) is 25.3. The number of ether oxygens (including phenoxy) is 2. The fraction of sp³-hybridized carbons (Fsp3) is 0.350. The van der Waals surface area contributed by atoms with Gasteiger partial charge >= 0.3 is 6.36 Å². The zero-order chi connectivity index (χ0) is 23.2. The van der Waals surface area contributed by atoms with E-state index in [9.17, 15) is 18.0 Å². The average Bonchev–Trinajstić information content (AvgIpc) is 3.50. The molecule has 0 aliphatic carbocycles. The Bertz CT molecular complexity index is 1340. The smallest absolute Gasteiger partial charge is 0.406 e. The monoisotopic (exact) mass is 462 g/mol. The third kappa shape index (κ3) is 4.31. The van der Waals surface area contributed by atoms with E-state index in [0.717, 1.165) is 5.56 Å². The van der Waals surface area contributed by atoms with Crippen LogP contribution < -0.4 is 10.3 Å². The lowest BCUT2D eigenvalue weighted by atomic mass is 10.00. The van der Waals surface area contributed by atoms with E-state index >= 15 is 0 Å². The molecule has 13 heteroatoms. The Morgan fingerprint density at radius 3 is 2.70 bits per heavy atom. The van der Waals surface area contributed by atoms with Crippen molar-refractivity contribution in [3.63, 3.8) is 0 Å². The van der Waals surface area contributed by atoms with Gasteiger partial charge in [0, 0.05) is 13.0 Å². The van der Waals surface area contributed by atoms with Gasteiger partial charge in [0.15, 0.2) is 17.0 Å². The molecule has 0 amide bonds. The van der Waals surface area contributed by atoms with Gasteiger partial charge in [0.25, 0.3) is 5.56 Å². The summed E-state index contributed by atoms with van der Waals surface area (Å²) in [6, 6.07) is 5.56. The Morgan fingerprint density at radius 1 is 1.18 bits per heavy atom. The van der Waals surface area contributed by atoms with E-state index in [2.05, 4.69) is 24.8 Å². The van der Waals surface area contributed by atoms with Gasteiger partial charge in [0.1, 0.15) is 18.6 Å². The lowest BCUT2D eigenvalue weighted by Gasteiger charge is -2.12. The van der Waals surface area contributed by atoms with E-state index in [1.54, 1.807) is 11.6 Å². The second-order valence-electron chi connectivity index (χ2n) is 7.62. The molecule has 0 bridgehead atoms. The number of halogens is 3. The maximum atomic E-state index is 12.7. The molecule has 0 spiro atoms. The molecule has 33 heavy (non-hydrogen) atoms. The predicted octanol–water partition coefficient (Wildman–Crippen LogP) is 2.71. The van der Waals surface area contributed by atoms with E-state index in [4.69, 9.17) is 9.26 Å². The fourth-order valence-corrected chi connectivity index (χ4v) is 3.75. The highest BCUT2D eigenvalue weighted by Crippen LogP contribution is 2.37. The fourth-order valence-electron chi connectivity index (χ4n) is 3.75. The van der Waals surface area contributed by atoms with Crippen molar-refractivity contribution >= 4 is 11.2 Å². The van der Waals surface area contributed by atoms with E-state index < -0.39 is 6.36 Å². The molecule has 10 nitrogen and oxygen atoms in total. The minimum Gasteiger partial charge on any atom is -0.406 e. The number of nitrogens with zero attached hydrogens (tertiary/aromatic N) is 6. The number of aryl methyl sites for hydroxylation is 1. The van der Waals surface area contributed by atoms with Crippen molar-refractivity contribution in [3.05, 3.63) is 64.6 Å². The molecule has 0 radical (unpaired) electrons.